The molecule has 0 radical (unpaired) electrons. The average Bonchev–Trinajstić information content (AvgIpc) is 2.51. The molecule has 98 valence electrons. The molecule has 0 aromatic carbocycles. The van der Waals surface area contributed by atoms with Crippen LogP contribution in [0.25, 0.3) is 23.5 Å². The van der Waals surface area contributed by atoms with Gasteiger partial charge in [-0.3, -0.25) is 19.6 Å². The highest BCUT2D eigenvalue weighted by Crippen LogP contribution is 2.17. The van der Waals surface area contributed by atoms with Gasteiger partial charge in [-0.2, -0.15) is 0 Å². The molecule has 0 bridgehead atoms. The van der Waals surface area contributed by atoms with Gasteiger partial charge in [0.05, 0.1) is 11.4 Å². The molecule has 0 unspecified atom stereocenters. The Morgan fingerprint density at radius 1 is 0.750 bits per heavy atom. The molecule has 2 heterocycles. The number of allylic oxidation sites excluding steroid dienone is 2. The molecule has 0 saturated carbocycles. The third-order valence-electron chi connectivity index (χ3n) is 2.56. The van der Waals surface area contributed by atoms with Crippen LogP contribution in [-0.4, -0.2) is 22.5 Å². The van der Waals surface area contributed by atoms with Gasteiger partial charge in [0, 0.05) is 12.4 Å². The van der Waals surface area contributed by atoms with Crippen LogP contribution in [0.5, 0.6) is 0 Å². The van der Waals surface area contributed by atoms with Crippen LogP contribution in [0.2, 0.25) is 0 Å². The van der Waals surface area contributed by atoms with Crippen molar-refractivity contribution in [3.05, 3.63) is 59.9 Å². The summed E-state index contributed by atoms with van der Waals surface area (Å²) < 4.78 is 0. The largest absolute Gasteiger partial charge is 0.299 e. The summed E-state index contributed by atoms with van der Waals surface area (Å²) >= 11 is 0. The van der Waals surface area contributed by atoms with Gasteiger partial charge in [-0.15, -0.1) is 0 Å². The van der Waals surface area contributed by atoms with Crippen molar-refractivity contribution < 1.29 is 9.59 Å². The molecular weight excluding hydrogens is 252 g/mol. The second-order valence-corrected chi connectivity index (χ2v) is 3.94. The lowest BCUT2D eigenvalue weighted by atomic mass is 10.1. The van der Waals surface area contributed by atoms with Crippen molar-refractivity contribution in [1.29, 1.82) is 0 Å². The molecule has 4 nitrogen and oxygen atoms in total. The lowest BCUT2D eigenvalue weighted by Gasteiger charge is -2.02. The molecule has 0 N–H and O–H groups in total. The van der Waals surface area contributed by atoms with E-state index in [1.807, 2.05) is 12.1 Å². The Kier molecular flexibility index (Phi) is 4.67. The van der Waals surface area contributed by atoms with Crippen molar-refractivity contribution in [2.45, 2.75) is 0 Å². The first kappa shape index (κ1) is 13.5. The highest BCUT2D eigenvalue weighted by atomic mass is 16.1. The number of aldehydes is 2. The van der Waals surface area contributed by atoms with Crippen LogP contribution < -0.4 is 0 Å². The van der Waals surface area contributed by atoms with E-state index in [0.717, 1.165) is 23.7 Å². The third kappa shape index (κ3) is 3.55. The van der Waals surface area contributed by atoms with Crippen molar-refractivity contribution in [3.8, 4) is 11.4 Å². The molecule has 0 aliphatic rings. The van der Waals surface area contributed by atoms with Crippen molar-refractivity contribution in [2.24, 2.45) is 0 Å². The second-order valence-electron chi connectivity index (χ2n) is 3.94. The summed E-state index contributed by atoms with van der Waals surface area (Å²) in [7, 11) is 0. The van der Waals surface area contributed by atoms with E-state index in [4.69, 9.17) is 0 Å². The Bertz CT molecular complexity index is 616. The van der Waals surface area contributed by atoms with E-state index in [2.05, 4.69) is 9.97 Å². The zero-order chi connectivity index (χ0) is 14.2. The van der Waals surface area contributed by atoms with E-state index >= 15 is 0 Å². The van der Waals surface area contributed by atoms with Crippen LogP contribution in [-0.2, 0) is 9.59 Å². The van der Waals surface area contributed by atoms with E-state index in [9.17, 15) is 9.59 Å². The number of pyridine rings is 2. The van der Waals surface area contributed by atoms with Gasteiger partial charge in [-0.1, -0.05) is 12.2 Å². The monoisotopic (exact) mass is 264 g/mol. The number of rotatable bonds is 5. The van der Waals surface area contributed by atoms with Gasteiger partial charge in [0.25, 0.3) is 0 Å². The lowest BCUT2D eigenvalue weighted by molar-refractivity contribution is -0.104. The zero-order valence-corrected chi connectivity index (χ0v) is 10.6. The van der Waals surface area contributed by atoms with Crippen LogP contribution in [0.3, 0.4) is 0 Å². The van der Waals surface area contributed by atoms with Gasteiger partial charge in [0.2, 0.25) is 0 Å². The maximum atomic E-state index is 10.3. The Morgan fingerprint density at radius 2 is 1.20 bits per heavy atom. The fraction of sp³-hybridized carbons (Fsp3) is 0. The standard InChI is InChI=1S/C16H12N2O2/c19-9-1-3-13-5-7-17-15(11-13)16-12-14(4-2-10-20)6-8-18-16/h1-12H/b3-1-,4-2-. The first-order valence-electron chi connectivity index (χ1n) is 5.99. The maximum absolute atomic E-state index is 10.3. The maximum Gasteiger partial charge on any atom is 0.142 e. The van der Waals surface area contributed by atoms with Crippen molar-refractivity contribution in [2.75, 3.05) is 0 Å². The number of aromatic nitrogens is 2. The zero-order valence-electron chi connectivity index (χ0n) is 10.6. The van der Waals surface area contributed by atoms with Crippen LogP contribution in [0.15, 0.2) is 48.8 Å². The van der Waals surface area contributed by atoms with E-state index in [1.165, 1.54) is 12.2 Å². The summed E-state index contributed by atoms with van der Waals surface area (Å²) in [6, 6.07) is 7.30. The lowest BCUT2D eigenvalue weighted by Crippen LogP contribution is -1.88. The predicted molar refractivity (Wildman–Crippen MR) is 77.7 cm³/mol. The molecule has 2 rings (SSSR count). The summed E-state index contributed by atoms with van der Waals surface area (Å²) in [5.74, 6) is 0. The Balaban J connectivity index is 2.35. The predicted octanol–water partition coefficient (Wildman–Crippen LogP) is 2.57. The van der Waals surface area contributed by atoms with Gasteiger partial charge in [0.15, 0.2) is 0 Å². The van der Waals surface area contributed by atoms with Crippen LogP contribution in [0.4, 0.5) is 0 Å². The van der Waals surface area contributed by atoms with Gasteiger partial charge in [-0.05, 0) is 47.5 Å². The van der Waals surface area contributed by atoms with Crippen LogP contribution in [0, 0.1) is 0 Å². The summed E-state index contributed by atoms with van der Waals surface area (Å²) in [5.41, 5.74) is 3.16. The molecule has 0 amide bonds. The van der Waals surface area contributed by atoms with Crippen molar-refractivity contribution in [3.63, 3.8) is 0 Å². The van der Waals surface area contributed by atoms with Crippen molar-refractivity contribution >= 4 is 24.7 Å². The number of carbonyl (C=O) groups excluding carboxylic acids is 2. The summed E-state index contributed by atoms with van der Waals surface area (Å²) in [4.78, 5) is 29.2. The molecule has 4 heteroatoms. The third-order valence-corrected chi connectivity index (χ3v) is 2.56. The molecule has 0 spiro atoms. The normalized spacial score (nSPS) is 11.0. The molecule has 0 atom stereocenters. The van der Waals surface area contributed by atoms with E-state index in [0.29, 0.717) is 11.4 Å². The molecule has 2 aromatic rings. The average molecular weight is 264 g/mol. The number of carbonyl (C=O) groups is 2. The fourth-order valence-electron chi connectivity index (χ4n) is 1.68. The van der Waals surface area contributed by atoms with Gasteiger partial charge < -0.3 is 0 Å². The molecule has 0 aliphatic carbocycles. The highest BCUT2D eigenvalue weighted by Gasteiger charge is 2.01. The van der Waals surface area contributed by atoms with E-state index in [-0.39, 0.29) is 0 Å². The first-order chi connectivity index (χ1) is 9.83. The van der Waals surface area contributed by atoms with Crippen LogP contribution in [0.1, 0.15) is 11.1 Å². The summed E-state index contributed by atoms with van der Waals surface area (Å²) in [6.45, 7) is 0. The Hall–Kier alpha value is -2.88. The topological polar surface area (TPSA) is 59.9 Å². The van der Waals surface area contributed by atoms with E-state index in [1.54, 1.807) is 36.7 Å². The van der Waals surface area contributed by atoms with E-state index < -0.39 is 0 Å². The summed E-state index contributed by atoms with van der Waals surface area (Å²) in [6.07, 6.45) is 11.0. The first-order valence-corrected chi connectivity index (χ1v) is 5.99. The number of nitrogens with zero attached hydrogens (tertiary/aromatic N) is 2. The molecular formula is C16H12N2O2. The minimum atomic E-state index is 0.708. The fourth-order valence-corrected chi connectivity index (χ4v) is 1.68. The molecule has 0 fully saturated rings. The van der Waals surface area contributed by atoms with Gasteiger partial charge >= 0.3 is 0 Å². The second kappa shape index (κ2) is 6.89. The SMILES string of the molecule is O=C/C=C\c1ccnc(-c2cc(/C=C\C=O)ccn2)c1. The minimum Gasteiger partial charge on any atom is -0.299 e. The molecule has 0 aliphatic heterocycles. The Morgan fingerprint density at radius 3 is 1.60 bits per heavy atom. The van der Waals surface area contributed by atoms with Gasteiger partial charge in [0.1, 0.15) is 12.6 Å². The van der Waals surface area contributed by atoms with Gasteiger partial charge in [-0.25, -0.2) is 0 Å². The number of hydrogen-bond acceptors (Lipinski definition) is 4. The Labute approximate surface area is 116 Å². The number of hydrogen-bond donors (Lipinski definition) is 0. The minimum absolute atomic E-state index is 0.708. The quantitative estimate of drug-likeness (QED) is 0.615. The molecule has 2 aromatic heterocycles. The van der Waals surface area contributed by atoms with Crippen molar-refractivity contribution in [1.82, 2.24) is 9.97 Å². The molecule has 20 heavy (non-hydrogen) atoms. The van der Waals surface area contributed by atoms with Crippen LogP contribution >= 0.6 is 0 Å². The smallest absolute Gasteiger partial charge is 0.142 e. The molecule has 0 saturated heterocycles. The summed E-state index contributed by atoms with van der Waals surface area (Å²) in [5, 5.41) is 0. The highest BCUT2D eigenvalue weighted by molar-refractivity contribution is 5.76.